The maximum atomic E-state index is 9.68. The van der Waals surface area contributed by atoms with Gasteiger partial charge in [-0.15, -0.1) is 0 Å². The molecule has 1 unspecified atom stereocenters. The van der Waals surface area contributed by atoms with Crippen LogP contribution in [-0.4, -0.2) is 18.3 Å². The van der Waals surface area contributed by atoms with Gasteiger partial charge in [-0.1, -0.05) is 42.5 Å². The highest BCUT2D eigenvalue weighted by atomic mass is 16.5. The number of ether oxygens (including phenoxy) is 1. The largest absolute Gasteiger partial charge is 0.386 e. The maximum Gasteiger partial charge on any atom is 0.102 e. The molecular weight excluding hydrogens is 176 g/mol. The molecule has 1 rings (SSSR count). The predicted octanol–water partition coefficient (Wildman–Crippen LogP) is 2.31. The van der Waals surface area contributed by atoms with Crippen LogP contribution in [0.4, 0.5) is 0 Å². The summed E-state index contributed by atoms with van der Waals surface area (Å²) in [5.74, 6) is 0. The van der Waals surface area contributed by atoms with E-state index in [2.05, 4.69) is 6.58 Å². The smallest absolute Gasteiger partial charge is 0.102 e. The summed E-state index contributed by atoms with van der Waals surface area (Å²) < 4.78 is 5.26. The Balaban J connectivity index is 2.36. The molecular formula is C12H16O2. The van der Waals surface area contributed by atoms with Gasteiger partial charge in [-0.05, 0) is 12.5 Å². The standard InChI is InChI=1S/C12H16O2/c1-10(2)8-14-9-12(13)11-6-4-3-5-7-11/h3-7,12-13H,1,8-9H2,2H3. The van der Waals surface area contributed by atoms with Gasteiger partial charge < -0.3 is 9.84 Å². The Morgan fingerprint density at radius 1 is 1.43 bits per heavy atom. The third-order valence-electron chi connectivity index (χ3n) is 1.81. The van der Waals surface area contributed by atoms with E-state index in [4.69, 9.17) is 4.74 Å². The molecule has 0 aliphatic rings. The van der Waals surface area contributed by atoms with Crippen LogP contribution >= 0.6 is 0 Å². The fourth-order valence-corrected chi connectivity index (χ4v) is 1.12. The van der Waals surface area contributed by atoms with Crippen molar-refractivity contribution in [3.63, 3.8) is 0 Å². The second-order valence-corrected chi connectivity index (χ2v) is 3.40. The van der Waals surface area contributed by atoms with E-state index in [0.717, 1.165) is 11.1 Å². The van der Waals surface area contributed by atoms with Gasteiger partial charge in [0.1, 0.15) is 6.10 Å². The van der Waals surface area contributed by atoms with Crippen LogP contribution in [-0.2, 0) is 4.74 Å². The molecule has 0 saturated carbocycles. The van der Waals surface area contributed by atoms with Gasteiger partial charge >= 0.3 is 0 Å². The Hall–Kier alpha value is -1.12. The molecule has 0 aliphatic heterocycles. The number of benzene rings is 1. The first-order valence-electron chi connectivity index (χ1n) is 4.65. The van der Waals surface area contributed by atoms with Crippen LogP contribution in [0.2, 0.25) is 0 Å². The zero-order valence-electron chi connectivity index (χ0n) is 8.44. The van der Waals surface area contributed by atoms with Crippen molar-refractivity contribution in [2.45, 2.75) is 13.0 Å². The molecule has 76 valence electrons. The molecule has 0 bridgehead atoms. The molecule has 1 atom stereocenters. The van der Waals surface area contributed by atoms with Crippen LogP contribution in [0.5, 0.6) is 0 Å². The van der Waals surface area contributed by atoms with Gasteiger partial charge in [0.2, 0.25) is 0 Å². The molecule has 0 aromatic heterocycles. The maximum absolute atomic E-state index is 9.68. The summed E-state index contributed by atoms with van der Waals surface area (Å²) in [6, 6.07) is 9.49. The third kappa shape index (κ3) is 3.73. The van der Waals surface area contributed by atoms with Crippen LogP contribution in [0.25, 0.3) is 0 Å². The highest BCUT2D eigenvalue weighted by molar-refractivity contribution is 5.17. The van der Waals surface area contributed by atoms with E-state index < -0.39 is 6.10 Å². The lowest BCUT2D eigenvalue weighted by Crippen LogP contribution is -2.08. The van der Waals surface area contributed by atoms with Crippen molar-refractivity contribution in [1.29, 1.82) is 0 Å². The van der Waals surface area contributed by atoms with Crippen molar-refractivity contribution >= 4 is 0 Å². The minimum Gasteiger partial charge on any atom is -0.386 e. The van der Waals surface area contributed by atoms with Crippen LogP contribution in [0.15, 0.2) is 42.5 Å². The van der Waals surface area contributed by atoms with Gasteiger partial charge in [-0.25, -0.2) is 0 Å². The van der Waals surface area contributed by atoms with Crippen molar-refractivity contribution in [3.05, 3.63) is 48.0 Å². The molecule has 2 heteroatoms. The fraction of sp³-hybridized carbons (Fsp3) is 0.333. The molecule has 14 heavy (non-hydrogen) atoms. The molecule has 0 spiro atoms. The van der Waals surface area contributed by atoms with Gasteiger partial charge in [0.25, 0.3) is 0 Å². The quantitative estimate of drug-likeness (QED) is 0.725. The van der Waals surface area contributed by atoms with Crippen molar-refractivity contribution < 1.29 is 9.84 Å². The lowest BCUT2D eigenvalue weighted by Gasteiger charge is -2.11. The average molecular weight is 192 g/mol. The Bertz CT molecular complexity index is 280. The zero-order valence-corrected chi connectivity index (χ0v) is 8.44. The lowest BCUT2D eigenvalue weighted by molar-refractivity contribution is 0.0462. The highest BCUT2D eigenvalue weighted by Gasteiger charge is 2.05. The van der Waals surface area contributed by atoms with E-state index in [-0.39, 0.29) is 0 Å². The number of aliphatic hydroxyl groups is 1. The van der Waals surface area contributed by atoms with Gasteiger partial charge in [-0.3, -0.25) is 0 Å². The summed E-state index contributed by atoms with van der Waals surface area (Å²) in [4.78, 5) is 0. The first-order valence-corrected chi connectivity index (χ1v) is 4.65. The van der Waals surface area contributed by atoms with Crippen molar-refractivity contribution in [2.24, 2.45) is 0 Å². The van der Waals surface area contributed by atoms with E-state index in [9.17, 15) is 5.11 Å². The van der Waals surface area contributed by atoms with Crippen LogP contribution in [0, 0.1) is 0 Å². The summed E-state index contributed by atoms with van der Waals surface area (Å²) in [7, 11) is 0. The van der Waals surface area contributed by atoms with E-state index in [0.29, 0.717) is 13.2 Å². The van der Waals surface area contributed by atoms with Crippen molar-refractivity contribution in [3.8, 4) is 0 Å². The number of hydrogen-bond acceptors (Lipinski definition) is 2. The van der Waals surface area contributed by atoms with Gasteiger partial charge in [-0.2, -0.15) is 0 Å². The minimum absolute atomic E-state index is 0.316. The zero-order chi connectivity index (χ0) is 10.4. The van der Waals surface area contributed by atoms with Crippen LogP contribution < -0.4 is 0 Å². The monoisotopic (exact) mass is 192 g/mol. The highest BCUT2D eigenvalue weighted by Crippen LogP contribution is 2.12. The Morgan fingerprint density at radius 2 is 2.07 bits per heavy atom. The molecule has 0 saturated heterocycles. The van der Waals surface area contributed by atoms with Gasteiger partial charge in [0, 0.05) is 0 Å². The van der Waals surface area contributed by atoms with E-state index in [1.54, 1.807) is 0 Å². The average Bonchev–Trinajstić information content (AvgIpc) is 2.18. The van der Waals surface area contributed by atoms with Gasteiger partial charge in [0.05, 0.1) is 13.2 Å². The predicted molar refractivity (Wildman–Crippen MR) is 57.0 cm³/mol. The first kappa shape index (κ1) is 11.0. The summed E-state index contributed by atoms with van der Waals surface area (Å²) >= 11 is 0. The van der Waals surface area contributed by atoms with E-state index in [1.165, 1.54) is 0 Å². The summed E-state index contributed by atoms with van der Waals surface area (Å²) in [6.07, 6.45) is -0.546. The molecule has 0 radical (unpaired) electrons. The SMILES string of the molecule is C=C(C)COCC(O)c1ccccc1. The molecule has 1 aromatic carbocycles. The van der Waals surface area contributed by atoms with E-state index >= 15 is 0 Å². The Kier molecular flexibility index (Phi) is 4.36. The van der Waals surface area contributed by atoms with Crippen molar-refractivity contribution in [2.75, 3.05) is 13.2 Å². The van der Waals surface area contributed by atoms with E-state index in [1.807, 2.05) is 37.3 Å². The molecule has 0 heterocycles. The molecule has 0 amide bonds. The summed E-state index contributed by atoms with van der Waals surface area (Å²) in [5.41, 5.74) is 1.85. The molecule has 0 fully saturated rings. The minimum atomic E-state index is -0.546. The molecule has 1 N–H and O–H groups in total. The lowest BCUT2D eigenvalue weighted by atomic mass is 10.1. The molecule has 2 nitrogen and oxygen atoms in total. The fourth-order valence-electron chi connectivity index (χ4n) is 1.12. The van der Waals surface area contributed by atoms with Crippen LogP contribution in [0.3, 0.4) is 0 Å². The summed E-state index contributed by atoms with van der Waals surface area (Å²) in [6.45, 7) is 6.44. The topological polar surface area (TPSA) is 29.5 Å². The molecule has 0 aliphatic carbocycles. The Morgan fingerprint density at radius 3 is 2.64 bits per heavy atom. The second-order valence-electron chi connectivity index (χ2n) is 3.40. The summed E-state index contributed by atoms with van der Waals surface area (Å²) in [5, 5.41) is 9.68. The number of hydrogen-bond donors (Lipinski definition) is 1. The Labute approximate surface area is 84.8 Å². The van der Waals surface area contributed by atoms with Crippen LogP contribution in [0.1, 0.15) is 18.6 Å². The first-order chi connectivity index (χ1) is 6.70. The second kappa shape index (κ2) is 5.58. The third-order valence-corrected chi connectivity index (χ3v) is 1.81. The van der Waals surface area contributed by atoms with Crippen molar-refractivity contribution in [1.82, 2.24) is 0 Å². The molecule has 1 aromatic rings. The number of aliphatic hydroxyl groups excluding tert-OH is 1. The van der Waals surface area contributed by atoms with Gasteiger partial charge in [0.15, 0.2) is 0 Å². The number of rotatable bonds is 5. The normalized spacial score (nSPS) is 12.4.